The predicted octanol–water partition coefficient (Wildman–Crippen LogP) is 2.01. The average Bonchev–Trinajstić information content (AvgIpc) is 3.68. The summed E-state index contributed by atoms with van der Waals surface area (Å²) in [6.07, 6.45) is 1.10. The van der Waals surface area contributed by atoms with Gasteiger partial charge in [0.2, 0.25) is 11.8 Å². The van der Waals surface area contributed by atoms with Crippen LogP contribution >= 0.6 is 11.8 Å². The number of thioether (sulfide) groups is 1. The van der Waals surface area contributed by atoms with E-state index >= 15 is 0 Å². The van der Waals surface area contributed by atoms with Crippen molar-refractivity contribution in [3.63, 3.8) is 0 Å². The molecule has 1 aromatic heterocycles. The molecule has 3 saturated heterocycles. The number of likely N-dealkylation sites (tertiary alicyclic amines) is 1. The Balaban J connectivity index is 1.37. The summed E-state index contributed by atoms with van der Waals surface area (Å²) in [5.41, 5.74) is 2.44. The molecule has 3 aliphatic heterocycles. The van der Waals surface area contributed by atoms with Crippen molar-refractivity contribution < 1.29 is 24.2 Å². The summed E-state index contributed by atoms with van der Waals surface area (Å²) in [5, 5.41) is 21.8. The van der Waals surface area contributed by atoms with E-state index in [9.17, 15) is 19.5 Å². The number of hydrogen-bond acceptors (Lipinski definition) is 8. The predicted molar refractivity (Wildman–Crippen MR) is 149 cm³/mol. The molecule has 0 aliphatic carbocycles. The van der Waals surface area contributed by atoms with Crippen LogP contribution in [0.4, 0.5) is 0 Å². The molecule has 1 spiro atoms. The highest BCUT2D eigenvalue weighted by molar-refractivity contribution is 8.02. The number of aliphatic hydroxyl groups is 1. The fraction of sp³-hybridized carbons (Fsp3) is 0.483. The van der Waals surface area contributed by atoms with E-state index in [4.69, 9.17) is 4.74 Å². The Morgan fingerprint density at radius 3 is 2.70 bits per heavy atom. The Bertz CT molecular complexity index is 1430. The molecule has 6 rings (SSSR count). The van der Waals surface area contributed by atoms with Crippen molar-refractivity contribution in [3.05, 3.63) is 60.2 Å². The van der Waals surface area contributed by atoms with Crippen LogP contribution in [0.5, 0.6) is 0 Å². The first-order valence-corrected chi connectivity index (χ1v) is 14.7. The van der Waals surface area contributed by atoms with Crippen molar-refractivity contribution in [1.82, 2.24) is 25.2 Å². The standard InChI is InChI=1S/C29H33N5O5S/c1-3-39-28(38)23-22-13-17(2)29(40-22)24(23)27(37)34(19(15-35)14-18-9-5-4-6-10-18)25(29)26(36)30-16-33-21-12-8-7-11-20(21)31-32-33/h4-12,17,19,22-25,35H,3,13-16H2,1-2H3,(H,30,36)/t17?,19-,22+,23-,24+,25?,29?/m1/s1. The lowest BCUT2D eigenvalue weighted by atomic mass is 9.66. The van der Waals surface area contributed by atoms with E-state index in [-0.39, 0.29) is 48.8 Å². The van der Waals surface area contributed by atoms with Crippen LogP contribution in [-0.2, 0) is 32.2 Å². The number of benzene rings is 2. The summed E-state index contributed by atoms with van der Waals surface area (Å²) in [6.45, 7) is 3.81. The van der Waals surface area contributed by atoms with Gasteiger partial charge in [0.25, 0.3) is 0 Å². The van der Waals surface area contributed by atoms with Crippen LogP contribution in [0.25, 0.3) is 11.0 Å². The first-order valence-electron chi connectivity index (χ1n) is 13.8. The summed E-state index contributed by atoms with van der Waals surface area (Å²) in [6, 6.07) is 15.6. The third-order valence-corrected chi connectivity index (χ3v) is 10.8. The molecule has 0 saturated carbocycles. The zero-order valence-electron chi connectivity index (χ0n) is 22.5. The zero-order chi connectivity index (χ0) is 28.0. The lowest BCUT2D eigenvalue weighted by Crippen LogP contribution is -2.58. The van der Waals surface area contributed by atoms with Gasteiger partial charge in [0.15, 0.2) is 0 Å². The number of fused-ring (bicyclic) bond motifs is 2. The summed E-state index contributed by atoms with van der Waals surface area (Å²) in [7, 11) is 0. The van der Waals surface area contributed by atoms with E-state index in [1.807, 2.05) is 54.6 Å². The lowest BCUT2D eigenvalue weighted by molar-refractivity contribution is -0.154. The molecule has 210 valence electrons. The summed E-state index contributed by atoms with van der Waals surface area (Å²) < 4.78 is 6.23. The van der Waals surface area contributed by atoms with Crippen molar-refractivity contribution in [2.75, 3.05) is 13.2 Å². The largest absolute Gasteiger partial charge is 0.466 e. The monoisotopic (exact) mass is 563 g/mol. The van der Waals surface area contributed by atoms with Crippen LogP contribution in [-0.4, -0.2) is 78.1 Å². The second-order valence-corrected chi connectivity index (χ2v) is 12.4. The normalized spacial score (nSPS) is 29.5. The fourth-order valence-corrected chi connectivity index (χ4v) is 9.48. The maximum Gasteiger partial charge on any atom is 0.310 e. The highest BCUT2D eigenvalue weighted by Crippen LogP contribution is 2.68. The Hall–Kier alpha value is -3.44. The molecule has 4 heterocycles. The van der Waals surface area contributed by atoms with Crippen molar-refractivity contribution in [2.45, 2.75) is 55.4 Å². The fourth-order valence-electron chi connectivity index (χ4n) is 7.08. The number of ether oxygens (including phenoxy) is 1. The van der Waals surface area contributed by atoms with Gasteiger partial charge in [0.1, 0.15) is 18.2 Å². The molecule has 7 atom stereocenters. The molecule has 40 heavy (non-hydrogen) atoms. The Morgan fingerprint density at radius 1 is 1.20 bits per heavy atom. The molecule has 3 aromatic rings. The molecule has 2 aromatic carbocycles. The van der Waals surface area contributed by atoms with Crippen LogP contribution in [0.15, 0.2) is 54.6 Å². The molecule has 10 nitrogen and oxygen atoms in total. The number of aromatic nitrogens is 3. The van der Waals surface area contributed by atoms with Crippen molar-refractivity contribution in [2.24, 2.45) is 17.8 Å². The summed E-state index contributed by atoms with van der Waals surface area (Å²) >= 11 is 1.58. The number of nitrogens with one attached hydrogen (secondary N) is 1. The topological polar surface area (TPSA) is 127 Å². The molecule has 0 radical (unpaired) electrons. The molecule has 2 N–H and O–H groups in total. The minimum atomic E-state index is -0.870. The number of hydrogen-bond donors (Lipinski definition) is 2. The molecular weight excluding hydrogens is 530 g/mol. The Kier molecular flexibility index (Phi) is 7.03. The third-order valence-electron chi connectivity index (χ3n) is 8.73. The summed E-state index contributed by atoms with van der Waals surface area (Å²) in [4.78, 5) is 43.3. The maximum absolute atomic E-state index is 14.3. The SMILES string of the molecule is CCOC(=O)[C@@H]1[C@@H]2CC(C)C3(S2)C(C(=O)NCn2nnc4ccccc42)N([C@@H](CO)Cc2ccccc2)C(=O)[C@H]13. The summed E-state index contributed by atoms with van der Waals surface area (Å²) in [5.74, 6) is -2.29. The van der Waals surface area contributed by atoms with E-state index in [2.05, 4.69) is 22.6 Å². The Labute approximate surface area is 236 Å². The minimum absolute atomic E-state index is 0.00569. The molecule has 11 heteroatoms. The quantitative estimate of drug-likeness (QED) is 0.379. The van der Waals surface area contributed by atoms with Crippen LogP contribution in [0.3, 0.4) is 0 Å². The van der Waals surface area contributed by atoms with Gasteiger partial charge in [-0.25, -0.2) is 4.68 Å². The first-order chi connectivity index (χ1) is 19.4. The number of esters is 1. The molecule has 3 unspecified atom stereocenters. The molecular formula is C29H33N5O5S. The highest BCUT2D eigenvalue weighted by atomic mass is 32.2. The van der Waals surface area contributed by atoms with Gasteiger partial charge < -0.3 is 20.1 Å². The van der Waals surface area contributed by atoms with Crippen molar-refractivity contribution >= 4 is 40.6 Å². The van der Waals surface area contributed by atoms with Crippen molar-refractivity contribution in [3.8, 4) is 0 Å². The van der Waals surface area contributed by atoms with E-state index in [1.54, 1.807) is 28.3 Å². The number of carbonyl (C=O) groups is 3. The van der Waals surface area contributed by atoms with E-state index in [0.29, 0.717) is 18.4 Å². The van der Waals surface area contributed by atoms with Gasteiger partial charge >= 0.3 is 5.97 Å². The molecule has 2 amide bonds. The lowest BCUT2D eigenvalue weighted by Gasteiger charge is -2.40. The smallest absolute Gasteiger partial charge is 0.310 e. The van der Waals surface area contributed by atoms with Crippen LogP contribution in [0, 0.1) is 17.8 Å². The van der Waals surface area contributed by atoms with Gasteiger partial charge in [-0.05, 0) is 43.4 Å². The van der Waals surface area contributed by atoms with E-state index in [0.717, 1.165) is 11.1 Å². The number of carbonyl (C=O) groups excluding carboxylic acids is 3. The van der Waals surface area contributed by atoms with Gasteiger partial charge in [0, 0.05) is 5.25 Å². The second kappa shape index (κ2) is 10.5. The molecule has 3 aliphatic rings. The first kappa shape index (κ1) is 26.8. The molecule has 3 fully saturated rings. The van der Waals surface area contributed by atoms with Crippen molar-refractivity contribution in [1.29, 1.82) is 0 Å². The molecule has 2 bridgehead atoms. The number of amides is 2. The van der Waals surface area contributed by atoms with E-state index in [1.165, 1.54) is 0 Å². The van der Waals surface area contributed by atoms with Gasteiger partial charge in [-0.2, -0.15) is 0 Å². The van der Waals surface area contributed by atoms with Gasteiger partial charge in [-0.1, -0.05) is 54.6 Å². The average molecular weight is 564 g/mol. The van der Waals surface area contributed by atoms with Crippen LogP contribution in [0.1, 0.15) is 25.8 Å². The second-order valence-electron chi connectivity index (χ2n) is 10.9. The highest BCUT2D eigenvalue weighted by Gasteiger charge is 2.76. The van der Waals surface area contributed by atoms with Crippen LogP contribution in [0.2, 0.25) is 0 Å². The maximum atomic E-state index is 14.3. The number of nitrogens with zero attached hydrogens (tertiary/aromatic N) is 4. The number of aliphatic hydroxyl groups excluding tert-OH is 1. The zero-order valence-corrected chi connectivity index (χ0v) is 23.3. The van der Waals surface area contributed by atoms with Gasteiger partial charge in [-0.3, -0.25) is 14.4 Å². The van der Waals surface area contributed by atoms with Gasteiger partial charge in [-0.15, -0.1) is 16.9 Å². The number of rotatable bonds is 9. The number of para-hydroxylation sites is 1. The van der Waals surface area contributed by atoms with Gasteiger partial charge in [0.05, 0.1) is 41.4 Å². The third kappa shape index (κ3) is 4.09. The van der Waals surface area contributed by atoms with E-state index < -0.39 is 28.7 Å². The van der Waals surface area contributed by atoms with Crippen LogP contribution < -0.4 is 5.32 Å². The minimum Gasteiger partial charge on any atom is -0.466 e. The Morgan fingerprint density at radius 2 is 1.95 bits per heavy atom.